The monoisotopic (exact) mass is 467 g/mol. The lowest BCUT2D eigenvalue weighted by atomic mass is 10.1. The van der Waals surface area contributed by atoms with Gasteiger partial charge in [0.2, 0.25) is 0 Å². The van der Waals surface area contributed by atoms with Crippen LogP contribution in [-0.2, 0) is 10.1 Å². The van der Waals surface area contributed by atoms with Crippen LogP contribution in [0.15, 0.2) is 64.5 Å². The zero-order valence-corrected chi connectivity index (χ0v) is 18.6. The lowest BCUT2D eigenvalue weighted by molar-refractivity contribution is 0.486. The van der Waals surface area contributed by atoms with E-state index in [0.717, 1.165) is 16.8 Å². The van der Waals surface area contributed by atoms with Crippen LogP contribution < -0.4 is 4.18 Å². The Morgan fingerprint density at radius 2 is 1.55 bits per heavy atom. The van der Waals surface area contributed by atoms with Gasteiger partial charge in [-0.15, -0.1) is 0 Å². The molecule has 0 aromatic heterocycles. The van der Waals surface area contributed by atoms with E-state index in [2.05, 4.69) is 4.99 Å². The largest absolute Gasteiger partial charge is 0.376 e. The fourth-order valence-electron chi connectivity index (χ4n) is 2.51. The Balaban J connectivity index is 1.89. The van der Waals surface area contributed by atoms with Gasteiger partial charge in [0.15, 0.2) is 5.75 Å². The first-order chi connectivity index (χ1) is 13.7. The highest BCUT2D eigenvalue weighted by atomic mass is 35.5. The molecule has 0 aliphatic carbocycles. The third-order valence-corrected chi connectivity index (χ3v) is 6.29. The van der Waals surface area contributed by atoms with Crippen LogP contribution in [-0.4, -0.2) is 14.6 Å². The molecule has 0 fully saturated rings. The van der Waals surface area contributed by atoms with Crippen molar-refractivity contribution in [1.29, 1.82) is 0 Å². The fraction of sp³-hybridized carbons (Fsp3) is 0.0952. The van der Waals surface area contributed by atoms with Crippen molar-refractivity contribution in [3.63, 3.8) is 0 Å². The molecule has 0 heterocycles. The Hall–Kier alpha value is -2.05. The highest BCUT2D eigenvalue weighted by molar-refractivity contribution is 7.87. The van der Waals surface area contributed by atoms with Crippen LogP contribution in [0.5, 0.6) is 5.75 Å². The second-order valence-corrected chi connectivity index (χ2v) is 9.08. The zero-order valence-electron chi connectivity index (χ0n) is 15.5. The van der Waals surface area contributed by atoms with E-state index < -0.39 is 10.1 Å². The van der Waals surface area contributed by atoms with Crippen LogP contribution in [0.1, 0.15) is 16.7 Å². The molecular formula is C21H16Cl3NO3S. The van der Waals surface area contributed by atoms with Gasteiger partial charge in [-0.05, 0) is 73.0 Å². The summed E-state index contributed by atoms with van der Waals surface area (Å²) in [6, 6.07) is 14.5. The molecule has 0 radical (unpaired) electrons. The van der Waals surface area contributed by atoms with Gasteiger partial charge in [0, 0.05) is 11.2 Å². The Morgan fingerprint density at radius 1 is 0.931 bits per heavy atom. The van der Waals surface area contributed by atoms with E-state index in [1.807, 2.05) is 32.0 Å². The molecule has 0 saturated heterocycles. The minimum Gasteiger partial charge on any atom is -0.376 e. The molecule has 3 aromatic rings. The van der Waals surface area contributed by atoms with Crippen LogP contribution in [0.3, 0.4) is 0 Å². The maximum atomic E-state index is 12.5. The van der Waals surface area contributed by atoms with E-state index in [9.17, 15) is 8.42 Å². The number of halogens is 3. The summed E-state index contributed by atoms with van der Waals surface area (Å²) in [6.07, 6.45) is 1.61. The first-order valence-electron chi connectivity index (χ1n) is 8.47. The first kappa shape index (κ1) is 21.7. The number of hydrogen-bond acceptors (Lipinski definition) is 4. The maximum Gasteiger partial charge on any atom is 0.339 e. The fourth-order valence-corrected chi connectivity index (χ4v) is 4.28. The van der Waals surface area contributed by atoms with Crippen LogP contribution in [0.25, 0.3) is 0 Å². The number of benzene rings is 3. The topological polar surface area (TPSA) is 55.7 Å². The molecule has 0 aliphatic heterocycles. The second kappa shape index (κ2) is 8.76. The molecule has 0 unspecified atom stereocenters. The second-order valence-electron chi connectivity index (χ2n) is 6.28. The highest BCUT2D eigenvalue weighted by Crippen LogP contribution is 2.36. The SMILES string of the molecule is Cc1cccc(N=Cc2cc(Cl)c(OS(=O)(=O)c3ccc(Cl)cc3)c(Cl)c2)c1C. The summed E-state index contributed by atoms with van der Waals surface area (Å²) < 4.78 is 30.1. The molecule has 3 rings (SSSR count). The molecule has 0 saturated carbocycles. The first-order valence-corrected chi connectivity index (χ1v) is 11.0. The molecule has 0 amide bonds. The van der Waals surface area contributed by atoms with Gasteiger partial charge in [-0.1, -0.05) is 46.9 Å². The lowest BCUT2D eigenvalue weighted by Crippen LogP contribution is -2.10. The highest BCUT2D eigenvalue weighted by Gasteiger charge is 2.21. The zero-order chi connectivity index (χ0) is 21.2. The molecule has 0 spiro atoms. The van der Waals surface area contributed by atoms with Crippen LogP contribution in [0.2, 0.25) is 15.1 Å². The van der Waals surface area contributed by atoms with Crippen molar-refractivity contribution in [3.05, 3.63) is 86.4 Å². The van der Waals surface area contributed by atoms with Gasteiger partial charge in [0.1, 0.15) is 4.90 Å². The average Bonchev–Trinajstić information content (AvgIpc) is 2.66. The third-order valence-electron chi connectivity index (χ3n) is 4.24. The van der Waals surface area contributed by atoms with Gasteiger partial charge in [-0.25, -0.2) is 0 Å². The minimum absolute atomic E-state index is 0.0532. The molecule has 0 bridgehead atoms. The molecule has 0 N–H and O–H groups in total. The molecule has 4 nitrogen and oxygen atoms in total. The van der Waals surface area contributed by atoms with Crippen LogP contribution in [0, 0.1) is 13.8 Å². The quantitative estimate of drug-likeness (QED) is 0.306. The maximum absolute atomic E-state index is 12.5. The predicted octanol–water partition coefficient (Wildman–Crippen LogP) is 6.78. The number of aryl methyl sites for hydroxylation is 1. The Bertz CT molecular complexity index is 1170. The molecular weight excluding hydrogens is 453 g/mol. The van der Waals surface area contributed by atoms with Gasteiger partial charge < -0.3 is 4.18 Å². The predicted molar refractivity (Wildman–Crippen MR) is 119 cm³/mol. The van der Waals surface area contributed by atoms with E-state index in [1.54, 1.807) is 6.21 Å². The summed E-state index contributed by atoms with van der Waals surface area (Å²) in [6.45, 7) is 4.00. The van der Waals surface area contributed by atoms with E-state index in [1.165, 1.54) is 36.4 Å². The third kappa shape index (κ3) is 5.11. The van der Waals surface area contributed by atoms with Crippen molar-refractivity contribution in [2.75, 3.05) is 0 Å². The van der Waals surface area contributed by atoms with Crippen LogP contribution >= 0.6 is 34.8 Å². The van der Waals surface area contributed by atoms with E-state index in [4.69, 9.17) is 39.0 Å². The standard InChI is InChI=1S/C21H16Cl3NO3S/c1-13-4-3-5-20(14(13)2)25-12-15-10-18(23)21(19(24)11-15)28-29(26,27)17-8-6-16(22)7-9-17/h3-12H,1-2H3. The van der Waals surface area contributed by atoms with Gasteiger partial charge in [-0.2, -0.15) is 8.42 Å². The van der Waals surface area contributed by atoms with Gasteiger partial charge >= 0.3 is 10.1 Å². The number of rotatable bonds is 5. The minimum atomic E-state index is -4.11. The van der Waals surface area contributed by atoms with Crippen molar-refractivity contribution in [2.45, 2.75) is 18.7 Å². The normalized spacial score (nSPS) is 11.8. The summed E-state index contributed by atoms with van der Waals surface area (Å²) in [7, 11) is -4.11. The molecule has 3 aromatic carbocycles. The van der Waals surface area contributed by atoms with Crippen molar-refractivity contribution >= 4 is 56.8 Å². The van der Waals surface area contributed by atoms with Gasteiger partial charge in [-0.3, -0.25) is 4.99 Å². The van der Waals surface area contributed by atoms with Crippen molar-refractivity contribution in [1.82, 2.24) is 0 Å². The van der Waals surface area contributed by atoms with Gasteiger partial charge in [0.05, 0.1) is 15.7 Å². The van der Waals surface area contributed by atoms with Crippen molar-refractivity contribution in [2.24, 2.45) is 4.99 Å². The number of nitrogens with zero attached hydrogens (tertiary/aromatic N) is 1. The van der Waals surface area contributed by atoms with Crippen molar-refractivity contribution in [3.8, 4) is 5.75 Å². The summed E-state index contributed by atoms with van der Waals surface area (Å²) in [5.74, 6) is -0.146. The van der Waals surface area contributed by atoms with Crippen molar-refractivity contribution < 1.29 is 12.6 Å². The van der Waals surface area contributed by atoms with Crippen LogP contribution in [0.4, 0.5) is 5.69 Å². The van der Waals surface area contributed by atoms with E-state index in [-0.39, 0.29) is 20.7 Å². The molecule has 8 heteroatoms. The van der Waals surface area contributed by atoms with E-state index in [0.29, 0.717) is 10.6 Å². The molecule has 150 valence electrons. The smallest absolute Gasteiger partial charge is 0.339 e. The molecule has 0 aliphatic rings. The van der Waals surface area contributed by atoms with Gasteiger partial charge in [0.25, 0.3) is 0 Å². The molecule has 29 heavy (non-hydrogen) atoms. The summed E-state index contributed by atoms with van der Waals surface area (Å²) in [5.41, 5.74) is 3.63. The summed E-state index contributed by atoms with van der Waals surface area (Å²) >= 11 is 18.3. The summed E-state index contributed by atoms with van der Waals surface area (Å²) in [5, 5.41) is 0.516. The Morgan fingerprint density at radius 3 is 2.17 bits per heavy atom. The average molecular weight is 469 g/mol. The Labute approximate surface area is 184 Å². The number of aliphatic imine (C=N–C) groups is 1. The van der Waals surface area contributed by atoms with E-state index >= 15 is 0 Å². The summed E-state index contributed by atoms with van der Waals surface area (Å²) in [4.78, 5) is 4.40. The number of hydrogen-bond donors (Lipinski definition) is 0. The lowest BCUT2D eigenvalue weighted by Gasteiger charge is -2.11. The Kier molecular flexibility index (Phi) is 6.54. The molecule has 0 atom stereocenters.